The number of aromatic nitrogens is 1. The number of anilines is 1. The second kappa shape index (κ2) is 6.83. The molecule has 0 saturated carbocycles. The molecule has 0 fully saturated rings. The number of nitrogens with zero attached hydrogens (tertiary/aromatic N) is 1. The SMILES string of the molecule is COc1ccccc1C(=O)Nc1ccc(=O)n(-c2ccccc2)c1. The molecule has 1 aromatic heterocycles. The Balaban J connectivity index is 1.91. The zero-order valence-corrected chi connectivity index (χ0v) is 13.1. The zero-order chi connectivity index (χ0) is 16.9. The van der Waals surface area contributed by atoms with Crippen LogP contribution in [0.15, 0.2) is 77.7 Å². The maximum Gasteiger partial charge on any atom is 0.259 e. The van der Waals surface area contributed by atoms with E-state index in [1.54, 1.807) is 36.5 Å². The molecule has 0 saturated heterocycles. The van der Waals surface area contributed by atoms with E-state index in [2.05, 4.69) is 5.32 Å². The number of methoxy groups -OCH3 is 1. The van der Waals surface area contributed by atoms with Crippen molar-refractivity contribution < 1.29 is 9.53 Å². The van der Waals surface area contributed by atoms with Gasteiger partial charge in [-0.2, -0.15) is 0 Å². The van der Waals surface area contributed by atoms with Crippen molar-refractivity contribution in [2.75, 3.05) is 12.4 Å². The minimum atomic E-state index is -0.300. The summed E-state index contributed by atoms with van der Waals surface area (Å²) in [5, 5.41) is 2.79. The number of carbonyl (C=O) groups excluding carboxylic acids is 1. The van der Waals surface area contributed by atoms with E-state index in [9.17, 15) is 9.59 Å². The van der Waals surface area contributed by atoms with Crippen LogP contribution in [0.2, 0.25) is 0 Å². The highest BCUT2D eigenvalue weighted by atomic mass is 16.5. The van der Waals surface area contributed by atoms with Gasteiger partial charge in [-0.1, -0.05) is 30.3 Å². The number of hydrogen-bond acceptors (Lipinski definition) is 3. The zero-order valence-electron chi connectivity index (χ0n) is 13.1. The van der Waals surface area contributed by atoms with Gasteiger partial charge in [-0.05, 0) is 30.3 Å². The lowest BCUT2D eigenvalue weighted by molar-refractivity contribution is 0.102. The van der Waals surface area contributed by atoms with E-state index in [0.29, 0.717) is 17.0 Å². The Bertz CT molecular complexity index is 917. The van der Waals surface area contributed by atoms with Gasteiger partial charge in [-0.15, -0.1) is 0 Å². The highest BCUT2D eigenvalue weighted by Crippen LogP contribution is 2.19. The van der Waals surface area contributed by atoms with E-state index in [0.717, 1.165) is 5.69 Å². The summed E-state index contributed by atoms with van der Waals surface area (Å²) in [6, 6.07) is 19.2. The van der Waals surface area contributed by atoms with E-state index in [1.165, 1.54) is 17.7 Å². The summed E-state index contributed by atoms with van der Waals surface area (Å²) >= 11 is 0. The molecule has 0 spiro atoms. The molecule has 0 aliphatic heterocycles. The fourth-order valence-electron chi connectivity index (χ4n) is 2.38. The first-order valence-electron chi connectivity index (χ1n) is 7.41. The molecule has 3 aromatic rings. The van der Waals surface area contributed by atoms with Gasteiger partial charge in [0.15, 0.2) is 0 Å². The summed E-state index contributed by atoms with van der Waals surface area (Å²) in [5.74, 6) is 0.192. The third-order valence-corrected chi connectivity index (χ3v) is 3.55. The number of amides is 1. The highest BCUT2D eigenvalue weighted by Gasteiger charge is 2.12. The lowest BCUT2D eigenvalue weighted by Crippen LogP contribution is -2.19. The standard InChI is InChI=1S/C19H16N2O3/c1-24-17-10-6-5-9-16(17)19(23)20-14-11-12-18(22)21(13-14)15-7-3-2-4-8-15/h2-13H,1H3,(H,20,23). The maximum absolute atomic E-state index is 12.4. The Labute approximate surface area is 139 Å². The van der Waals surface area contributed by atoms with Gasteiger partial charge >= 0.3 is 0 Å². The first-order chi connectivity index (χ1) is 11.7. The highest BCUT2D eigenvalue weighted by molar-refractivity contribution is 6.06. The van der Waals surface area contributed by atoms with E-state index < -0.39 is 0 Å². The Morgan fingerprint density at radius 3 is 2.42 bits per heavy atom. The number of pyridine rings is 1. The largest absolute Gasteiger partial charge is 0.496 e. The number of ether oxygens (including phenoxy) is 1. The second-order valence-corrected chi connectivity index (χ2v) is 5.12. The first kappa shape index (κ1) is 15.6. The van der Waals surface area contributed by atoms with Crippen molar-refractivity contribution in [2.45, 2.75) is 0 Å². The molecule has 0 bridgehead atoms. The molecule has 5 nitrogen and oxygen atoms in total. The van der Waals surface area contributed by atoms with Crippen molar-refractivity contribution in [3.63, 3.8) is 0 Å². The number of hydrogen-bond donors (Lipinski definition) is 1. The molecule has 1 amide bonds. The van der Waals surface area contributed by atoms with Crippen LogP contribution < -0.4 is 15.6 Å². The van der Waals surface area contributed by atoms with Crippen molar-refractivity contribution in [3.05, 3.63) is 88.8 Å². The predicted molar refractivity (Wildman–Crippen MR) is 93.0 cm³/mol. The topological polar surface area (TPSA) is 60.3 Å². The van der Waals surface area contributed by atoms with E-state index in [4.69, 9.17) is 4.74 Å². The van der Waals surface area contributed by atoms with Crippen LogP contribution in [0.3, 0.4) is 0 Å². The van der Waals surface area contributed by atoms with Crippen LogP contribution in [-0.4, -0.2) is 17.6 Å². The molecule has 0 aliphatic rings. The molecule has 0 radical (unpaired) electrons. The van der Waals surface area contributed by atoms with Crippen molar-refractivity contribution in [2.24, 2.45) is 0 Å². The van der Waals surface area contributed by atoms with Crippen LogP contribution >= 0.6 is 0 Å². The fraction of sp³-hybridized carbons (Fsp3) is 0.0526. The van der Waals surface area contributed by atoms with Crippen LogP contribution in [0.25, 0.3) is 5.69 Å². The van der Waals surface area contributed by atoms with E-state index in [1.807, 2.05) is 30.3 Å². The monoisotopic (exact) mass is 320 g/mol. The van der Waals surface area contributed by atoms with Crippen LogP contribution in [0, 0.1) is 0 Å². The van der Waals surface area contributed by atoms with Gasteiger partial charge in [0.05, 0.1) is 18.4 Å². The number of nitrogens with one attached hydrogen (secondary N) is 1. The van der Waals surface area contributed by atoms with Gasteiger partial charge in [0.1, 0.15) is 5.75 Å². The smallest absolute Gasteiger partial charge is 0.259 e. The van der Waals surface area contributed by atoms with Gasteiger partial charge in [0, 0.05) is 18.0 Å². The number of para-hydroxylation sites is 2. The molecular formula is C19H16N2O3. The van der Waals surface area contributed by atoms with E-state index in [-0.39, 0.29) is 11.5 Å². The normalized spacial score (nSPS) is 10.2. The number of carbonyl (C=O) groups is 1. The maximum atomic E-state index is 12.4. The molecule has 3 rings (SSSR count). The third-order valence-electron chi connectivity index (χ3n) is 3.55. The molecule has 0 unspecified atom stereocenters. The minimum absolute atomic E-state index is 0.170. The molecule has 2 aromatic carbocycles. The van der Waals surface area contributed by atoms with Crippen molar-refractivity contribution in [1.29, 1.82) is 0 Å². The fourth-order valence-corrected chi connectivity index (χ4v) is 2.38. The minimum Gasteiger partial charge on any atom is -0.496 e. The Morgan fingerprint density at radius 1 is 0.958 bits per heavy atom. The van der Waals surface area contributed by atoms with Crippen LogP contribution in [0.5, 0.6) is 5.75 Å². The summed E-state index contributed by atoms with van der Waals surface area (Å²) in [5.41, 5.74) is 1.51. The number of rotatable bonds is 4. The lowest BCUT2D eigenvalue weighted by atomic mass is 10.2. The predicted octanol–water partition coefficient (Wildman–Crippen LogP) is 3.10. The lowest BCUT2D eigenvalue weighted by Gasteiger charge is -2.11. The molecule has 1 heterocycles. The quantitative estimate of drug-likeness (QED) is 0.803. The summed E-state index contributed by atoms with van der Waals surface area (Å²) in [6.45, 7) is 0. The second-order valence-electron chi connectivity index (χ2n) is 5.12. The van der Waals surface area contributed by atoms with Gasteiger partial charge in [0.2, 0.25) is 0 Å². The van der Waals surface area contributed by atoms with E-state index >= 15 is 0 Å². The summed E-state index contributed by atoms with van der Waals surface area (Å²) in [7, 11) is 1.52. The van der Waals surface area contributed by atoms with Gasteiger partial charge < -0.3 is 10.1 Å². The Hall–Kier alpha value is -3.34. The van der Waals surface area contributed by atoms with Crippen LogP contribution in [0.1, 0.15) is 10.4 Å². The van der Waals surface area contributed by atoms with Crippen molar-refractivity contribution in [3.8, 4) is 11.4 Å². The molecule has 0 atom stereocenters. The molecule has 5 heteroatoms. The van der Waals surface area contributed by atoms with Gasteiger partial charge in [-0.25, -0.2) is 0 Å². The van der Waals surface area contributed by atoms with Gasteiger partial charge in [-0.3, -0.25) is 14.2 Å². The molecular weight excluding hydrogens is 304 g/mol. The molecule has 0 aliphatic carbocycles. The first-order valence-corrected chi connectivity index (χ1v) is 7.41. The average molecular weight is 320 g/mol. The third kappa shape index (κ3) is 3.20. The van der Waals surface area contributed by atoms with Crippen LogP contribution in [0.4, 0.5) is 5.69 Å². The Morgan fingerprint density at radius 2 is 1.67 bits per heavy atom. The summed E-state index contributed by atoms with van der Waals surface area (Å²) in [4.78, 5) is 24.5. The molecule has 24 heavy (non-hydrogen) atoms. The Kier molecular flexibility index (Phi) is 4.43. The van der Waals surface area contributed by atoms with Crippen molar-refractivity contribution >= 4 is 11.6 Å². The summed E-state index contributed by atoms with van der Waals surface area (Å²) < 4.78 is 6.68. The average Bonchev–Trinajstić information content (AvgIpc) is 2.64. The van der Waals surface area contributed by atoms with Crippen molar-refractivity contribution in [1.82, 2.24) is 4.57 Å². The number of benzene rings is 2. The summed E-state index contributed by atoms with van der Waals surface area (Å²) in [6.07, 6.45) is 1.60. The molecule has 120 valence electrons. The molecule has 1 N–H and O–H groups in total. The van der Waals surface area contributed by atoms with Crippen LogP contribution in [-0.2, 0) is 0 Å². The van der Waals surface area contributed by atoms with Gasteiger partial charge in [0.25, 0.3) is 11.5 Å².